The van der Waals surface area contributed by atoms with Gasteiger partial charge in [0.25, 0.3) is 0 Å². The first-order valence-corrected chi connectivity index (χ1v) is 11.7. The molecule has 7 nitrogen and oxygen atoms in total. The van der Waals surface area contributed by atoms with Crippen molar-refractivity contribution in [1.29, 1.82) is 0 Å². The molecule has 0 radical (unpaired) electrons. The molecule has 0 saturated carbocycles. The molecule has 0 aliphatic rings. The molecular formula is C19H17N5O2S3. The van der Waals surface area contributed by atoms with E-state index in [0.29, 0.717) is 16.6 Å². The second-order valence-electron chi connectivity index (χ2n) is 6.33. The summed E-state index contributed by atoms with van der Waals surface area (Å²) in [6.45, 7) is 2.05. The number of nitrogens with zero attached hydrogens (tertiary/aromatic N) is 2. The molecule has 0 spiro atoms. The van der Waals surface area contributed by atoms with Crippen molar-refractivity contribution in [2.24, 2.45) is 5.14 Å². The zero-order valence-corrected chi connectivity index (χ0v) is 17.7. The molecule has 0 bridgehead atoms. The Bertz CT molecular complexity index is 1260. The second kappa shape index (κ2) is 7.56. The second-order valence-corrected chi connectivity index (χ2v) is 9.75. The largest absolute Gasteiger partial charge is 0.382 e. The third kappa shape index (κ3) is 4.30. The van der Waals surface area contributed by atoms with Gasteiger partial charge >= 0.3 is 0 Å². The molecule has 148 valence electrons. The molecule has 10 heteroatoms. The van der Waals surface area contributed by atoms with Crippen molar-refractivity contribution in [2.45, 2.75) is 11.8 Å². The zero-order valence-electron chi connectivity index (χ0n) is 15.3. The Labute approximate surface area is 176 Å². The number of rotatable bonds is 5. The van der Waals surface area contributed by atoms with Crippen LogP contribution in [-0.4, -0.2) is 18.4 Å². The standard InChI is InChI=1S/C19H17N5O2S3/c1-11-2-4-12(5-3-11)15-10-27-18(23-15)16-17(20)24-19(28-16)22-13-6-8-14(9-7-13)29(21,25)26/h2-10H,20H2,1H3,(H,22,24)(H2,21,25,26). The quantitative estimate of drug-likeness (QED) is 0.424. The van der Waals surface area contributed by atoms with Gasteiger partial charge in [-0.1, -0.05) is 41.2 Å². The number of primary sulfonamides is 1. The van der Waals surface area contributed by atoms with E-state index in [2.05, 4.69) is 22.4 Å². The minimum atomic E-state index is -3.72. The molecule has 2 aromatic carbocycles. The molecule has 29 heavy (non-hydrogen) atoms. The number of nitrogens with two attached hydrogens (primary N) is 2. The maximum atomic E-state index is 11.4. The number of anilines is 3. The molecular weight excluding hydrogens is 426 g/mol. The molecule has 0 atom stereocenters. The minimum absolute atomic E-state index is 0.0498. The normalized spacial score (nSPS) is 11.5. The first-order valence-electron chi connectivity index (χ1n) is 8.49. The van der Waals surface area contributed by atoms with Crippen LogP contribution in [0.5, 0.6) is 0 Å². The van der Waals surface area contributed by atoms with Gasteiger partial charge in [-0.15, -0.1) is 11.3 Å². The summed E-state index contributed by atoms with van der Waals surface area (Å²) in [5.41, 5.74) is 9.93. The highest BCUT2D eigenvalue weighted by Gasteiger charge is 2.15. The number of hydrogen-bond donors (Lipinski definition) is 3. The van der Waals surface area contributed by atoms with Gasteiger partial charge in [0.2, 0.25) is 10.0 Å². The van der Waals surface area contributed by atoms with Crippen LogP contribution in [-0.2, 0) is 10.0 Å². The molecule has 2 aromatic heterocycles. The fraction of sp³-hybridized carbons (Fsp3) is 0.0526. The molecule has 0 aliphatic carbocycles. The van der Waals surface area contributed by atoms with Crippen molar-refractivity contribution < 1.29 is 8.42 Å². The predicted molar refractivity (Wildman–Crippen MR) is 119 cm³/mol. The van der Waals surface area contributed by atoms with Crippen LogP contribution >= 0.6 is 22.7 Å². The van der Waals surface area contributed by atoms with Gasteiger partial charge in [0.15, 0.2) is 5.13 Å². The average Bonchev–Trinajstić information content (AvgIpc) is 3.29. The number of aromatic nitrogens is 2. The Morgan fingerprint density at radius 3 is 2.34 bits per heavy atom. The summed E-state index contributed by atoms with van der Waals surface area (Å²) in [5, 5.41) is 11.6. The Hall–Kier alpha value is -2.79. The van der Waals surface area contributed by atoms with Gasteiger partial charge in [0.1, 0.15) is 15.7 Å². The molecule has 4 aromatic rings. The monoisotopic (exact) mass is 443 g/mol. The summed E-state index contributed by atoms with van der Waals surface area (Å²) in [6, 6.07) is 14.3. The maximum absolute atomic E-state index is 11.4. The number of nitrogens with one attached hydrogen (secondary N) is 1. The van der Waals surface area contributed by atoms with E-state index in [9.17, 15) is 8.42 Å². The van der Waals surface area contributed by atoms with Gasteiger partial charge < -0.3 is 11.1 Å². The van der Waals surface area contributed by atoms with Gasteiger partial charge in [0, 0.05) is 16.6 Å². The molecule has 2 heterocycles. The Morgan fingerprint density at radius 1 is 1.00 bits per heavy atom. The van der Waals surface area contributed by atoms with Crippen LogP contribution in [0.3, 0.4) is 0 Å². The smallest absolute Gasteiger partial charge is 0.238 e. The summed E-state index contributed by atoms with van der Waals surface area (Å²) in [6.07, 6.45) is 0. The Kier molecular flexibility index (Phi) is 5.09. The Balaban J connectivity index is 1.56. The van der Waals surface area contributed by atoms with E-state index < -0.39 is 10.0 Å². The summed E-state index contributed by atoms with van der Waals surface area (Å²) in [7, 11) is -3.72. The highest BCUT2D eigenvalue weighted by Crippen LogP contribution is 2.39. The maximum Gasteiger partial charge on any atom is 0.238 e. The fourth-order valence-corrected chi connectivity index (χ4v) is 4.97. The third-order valence-corrected chi connectivity index (χ3v) is 7.04. The van der Waals surface area contributed by atoms with E-state index in [4.69, 9.17) is 15.9 Å². The molecule has 4 rings (SSSR count). The number of aryl methyl sites for hydroxylation is 1. The van der Waals surface area contributed by atoms with E-state index in [0.717, 1.165) is 21.1 Å². The lowest BCUT2D eigenvalue weighted by molar-refractivity contribution is 0.598. The van der Waals surface area contributed by atoms with Crippen LogP contribution in [0.1, 0.15) is 5.56 Å². The molecule has 5 N–H and O–H groups in total. The molecule has 0 unspecified atom stereocenters. The summed E-state index contributed by atoms with van der Waals surface area (Å²) in [5.74, 6) is 0.392. The van der Waals surface area contributed by atoms with E-state index >= 15 is 0 Å². The minimum Gasteiger partial charge on any atom is -0.382 e. The summed E-state index contributed by atoms with van der Waals surface area (Å²) >= 11 is 2.90. The number of sulfonamides is 1. The van der Waals surface area contributed by atoms with Gasteiger partial charge in [-0.05, 0) is 31.2 Å². The van der Waals surface area contributed by atoms with Crippen LogP contribution in [0.4, 0.5) is 16.6 Å². The lowest BCUT2D eigenvalue weighted by Gasteiger charge is -2.03. The lowest BCUT2D eigenvalue weighted by Crippen LogP contribution is -2.11. The van der Waals surface area contributed by atoms with Gasteiger partial charge in [-0.3, -0.25) is 0 Å². The number of hydrogen-bond acceptors (Lipinski definition) is 8. The predicted octanol–water partition coefficient (Wildman–Crippen LogP) is 4.22. The van der Waals surface area contributed by atoms with Crippen molar-refractivity contribution in [3.8, 4) is 21.1 Å². The van der Waals surface area contributed by atoms with Gasteiger partial charge in [0.05, 0.1) is 10.6 Å². The molecule has 0 amide bonds. The third-order valence-electron chi connectivity index (χ3n) is 4.13. The molecule has 0 saturated heterocycles. The SMILES string of the molecule is Cc1ccc(-c2csc(-c3sc(Nc4ccc(S(N)(=O)=O)cc4)nc3N)n2)cc1. The van der Waals surface area contributed by atoms with E-state index in [1.807, 2.05) is 24.4 Å². The van der Waals surface area contributed by atoms with Crippen molar-refractivity contribution in [1.82, 2.24) is 9.97 Å². The van der Waals surface area contributed by atoms with Crippen molar-refractivity contribution in [2.75, 3.05) is 11.1 Å². The van der Waals surface area contributed by atoms with E-state index in [-0.39, 0.29) is 4.90 Å². The van der Waals surface area contributed by atoms with E-state index in [1.165, 1.54) is 40.4 Å². The highest BCUT2D eigenvalue weighted by molar-refractivity contribution is 7.89. The average molecular weight is 444 g/mol. The number of thiazole rings is 2. The van der Waals surface area contributed by atoms with Crippen LogP contribution in [0.15, 0.2) is 58.8 Å². The lowest BCUT2D eigenvalue weighted by atomic mass is 10.1. The van der Waals surface area contributed by atoms with Crippen molar-refractivity contribution in [3.63, 3.8) is 0 Å². The van der Waals surface area contributed by atoms with Crippen LogP contribution < -0.4 is 16.2 Å². The fourth-order valence-electron chi connectivity index (χ4n) is 2.62. The van der Waals surface area contributed by atoms with E-state index in [1.54, 1.807) is 12.1 Å². The zero-order chi connectivity index (χ0) is 20.6. The van der Waals surface area contributed by atoms with Crippen LogP contribution in [0.25, 0.3) is 21.1 Å². The highest BCUT2D eigenvalue weighted by atomic mass is 32.2. The van der Waals surface area contributed by atoms with Crippen LogP contribution in [0, 0.1) is 6.92 Å². The first-order chi connectivity index (χ1) is 13.8. The topological polar surface area (TPSA) is 124 Å². The summed E-state index contributed by atoms with van der Waals surface area (Å²) in [4.78, 5) is 9.90. The van der Waals surface area contributed by atoms with Crippen molar-refractivity contribution >= 4 is 49.3 Å². The first kappa shape index (κ1) is 19.5. The Morgan fingerprint density at radius 2 is 1.69 bits per heavy atom. The number of benzene rings is 2. The van der Waals surface area contributed by atoms with Crippen LogP contribution in [0.2, 0.25) is 0 Å². The van der Waals surface area contributed by atoms with Gasteiger partial charge in [-0.2, -0.15) is 0 Å². The molecule has 0 aliphatic heterocycles. The van der Waals surface area contributed by atoms with Crippen molar-refractivity contribution in [3.05, 3.63) is 59.5 Å². The number of nitrogen functional groups attached to an aromatic ring is 1. The summed E-state index contributed by atoms with van der Waals surface area (Å²) < 4.78 is 22.7. The molecule has 0 fully saturated rings. The van der Waals surface area contributed by atoms with Gasteiger partial charge in [-0.25, -0.2) is 23.5 Å².